The Kier molecular flexibility index (Phi) is 8.48. The number of methoxy groups -OCH3 is 1. The third-order valence-electron chi connectivity index (χ3n) is 4.82. The van der Waals surface area contributed by atoms with E-state index in [1.165, 1.54) is 26.4 Å². The lowest BCUT2D eigenvalue weighted by atomic mass is 9.98. The zero-order valence-corrected chi connectivity index (χ0v) is 16.9. The summed E-state index contributed by atoms with van der Waals surface area (Å²) in [5, 5.41) is 0. The number of rotatable bonds is 7. The second kappa shape index (κ2) is 10.8. The highest BCUT2D eigenvalue weighted by Gasteiger charge is 2.18. The zero-order valence-electron chi connectivity index (χ0n) is 16.1. The van der Waals surface area contributed by atoms with Gasteiger partial charge < -0.3 is 9.47 Å². The van der Waals surface area contributed by atoms with Gasteiger partial charge in [-0.2, -0.15) is 0 Å². The SMILES string of the molecule is COC(=O)c1ccccc1C(=O)c1ccc(OCCN2CCCCC2)cc1.Cl. The zero-order chi connectivity index (χ0) is 19.1. The second-order valence-electron chi connectivity index (χ2n) is 6.64. The van der Waals surface area contributed by atoms with Gasteiger partial charge in [-0.25, -0.2) is 4.79 Å². The van der Waals surface area contributed by atoms with Gasteiger partial charge in [0.15, 0.2) is 5.78 Å². The maximum atomic E-state index is 12.8. The largest absolute Gasteiger partial charge is 0.492 e. The number of ether oxygens (including phenoxy) is 2. The van der Waals surface area contributed by atoms with Gasteiger partial charge in [-0.05, 0) is 56.3 Å². The summed E-state index contributed by atoms with van der Waals surface area (Å²) in [7, 11) is 1.31. The summed E-state index contributed by atoms with van der Waals surface area (Å²) in [5.41, 5.74) is 1.12. The summed E-state index contributed by atoms with van der Waals surface area (Å²) in [6.07, 6.45) is 3.86. The number of benzene rings is 2. The summed E-state index contributed by atoms with van der Waals surface area (Å²) in [4.78, 5) is 27.1. The van der Waals surface area contributed by atoms with Crippen LogP contribution in [-0.4, -0.2) is 50.0 Å². The van der Waals surface area contributed by atoms with E-state index >= 15 is 0 Å². The van der Waals surface area contributed by atoms with Crippen LogP contribution in [0, 0.1) is 0 Å². The molecule has 1 saturated heterocycles. The van der Waals surface area contributed by atoms with Crippen LogP contribution in [0.4, 0.5) is 0 Å². The minimum atomic E-state index is -0.517. The van der Waals surface area contributed by atoms with Crippen molar-refractivity contribution in [3.8, 4) is 5.75 Å². The van der Waals surface area contributed by atoms with Crippen molar-refractivity contribution in [1.82, 2.24) is 4.90 Å². The predicted molar refractivity (Wildman–Crippen MR) is 111 cm³/mol. The molecule has 5 nitrogen and oxygen atoms in total. The van der Waals surface area contributed by atoms with Crippen molar-refractivity contribution in [3.05, 3.63) is 65.2 Å². The van der Waals surface area contributed by atoms with Gasteiger partial charge >= 0.3 is 5.97 Å². The van der Waals surface area contributed by atoms with E-state index in [2.05, 4.69) is 4.90 Å². The van der Waals surface area contributed by atoms with Crippen LogP contribution in [0.1, 0.15) is 45.5 Å². The molecule has 0 spiro atoms. The van der Waals surface area contributed by atoms with Crippen LogP contribution in [-0.2, 0) is 4.74 Å². The standard InChI is InChI=1S/C22H25NO4.ClH/c1-26-22(25)20-8-4-3-7-19(20)21(24)17-9-11-18(12-10-17)27-16-15-23-13-5-2-6-14-23;/h3-4,7-12H,2,5-6,13-16H2,1H3;1H. The summed E-state index contributed by atoms with van der Waals surface area (Å²) in [6.45, 7) is 3.86. The molecule has 28 heavy (non-hydrogen) atoms. The van der Waals surface area contributed by atoms with Gasteiger partial charge in [0.2, 0.25) is 0 Å². The molecule has 1 aliphatic rings. The van der Waals surface area contributed by atoms with Crippen LogP contribution in [0.25, 0.3) is 0 Å². The number of hydrogen-bond donors (Lipinski definition) is 0. The Morgan fingerprint density at radius 2 is 1.57 bits per heavy atom. The molecule has 6 heteroatoms. The van der Waals surface area contributed by atoms with Crippen LogP contribution in [0.2, 0.25) is 0 Å². The monoisotopic (exact) mass is 403 g/mol. The molecule has 0 atom stereocenters. The normalized spacial score (nSPS) is 14.0. The molecule has 1 heterocycles. The molecule has 0 aromatic heterocycles. The van der Waals surface area contributed by atoms with Crippen molar-refractivity contribution in [2.75, 3.05) is 33.4 Å². The van der Waals surface area contributed by atoms with Crippen molar-refractivity contribution in [2.24, 2.45) is 0 Å². The molecule has 0 radical (unpaired) electrons. The lowest BCUT2D eigenvalue weighted by Crippen LogP contribution is -2.33. The Morgan fingerprint density at radius 3 is 2.21 bits per heavy atom. The third kappa shape index (κ3) is 5.57. The molecule has 150 valence electrons. The van der Waals surface area contributed by atoms with Crippen LogP contribution >= 0.6 is 12.4 Å². The molecule has 0 amide bonds. The first-order valence-corrected chi connectivity index (χ1v) is 9.36. The first kappa shape index (κ1) is 21.9. The van der Waals surface area contributed by atoms with Crippen LogP contribution in [0.15, 0.2) is 48.5 Å². The molecule has 0 unspecified atom stereocenters. The van der Waals surface area contributed by atoms with E-state index in [0.29, 0.717) is 17.7 Å². The third-order valence-corrected chi connectivity index (χ3v) is 4.82. The number of esters is 1. The molecule has 2 aromatic carbocycles. The van der Waals surface area contributed by atoms with Gasteiger partial charge in [0.25, 0.3) is 0 Å². The molecule has 1 fully saturated rings. The number of nitrogens with zero attached hydrogens (tertiary/aromatic N) is 1. The molecular weight excluding hydrogens is 378 g/mol. The molecule has 1 aliphatic heterocycles. The van der Waals surface area contributed by atoms with Gasteiger partial charge in [-0.3, -0.25) is 9.69 Å². The summed E-state index contributed by atoms with van der Waals surface area (Å²) < 4.78 is 10.6. The van der Waals surface area contributed by atoms with Crippen LogP contribution in [0.3, 0.4) is 0 Å². The van der Waals surface area contributed by atoms with Crippen LogP contribution in [0.5, 0.6) is 5.75 Å². The Bertz CT molecular complexity index is 785. The number of carbonyl (C=O) groups is 2. The maximum absolute atomic E-state index is 12.8. The number of likely N-dealkylation sites (tertiary alicyclic amines) is 1. The number of piperidine rings is 1. The van der Waals surface area contributed by atoms with E-state index in [4.69, 9.17) is 9.47 Å². The molecule has 2 aromatic rings. The van der Waals surface area contributed by atoms with E-state index in [0.717, 1.165) is 25.4 Å². The fraction of sp³-hybridized carbons (Fsp3) is 0.364. The number of halogens is 1. The fourth-order valence-corrected chi connectivity index (χ4v) is 3.30. The molecule has 0 N–H and O–H groups in total. The number of hydrogen-bond acceptors (Lipinski definition) is 5. The average molecular weight is 404 g/mol. The lowest BCUT2D eigenvalue weighted by molar-refractivity contribution is 0.0597. The highest BCUT2D eigenvalue weighted by atomic mass is 35.5. The van der Waals surface area contributed by atoms with E-state index in [-0.39, 0.29) is 23.8 Å². The van der Waals surface area contributed by atoms with E-state index in [1.54, 1.807) is 48.5 Å². The lowest BCUT2D eigenvalue weighted by Gasteiger charge is -2.26. The first-order valence-electron chi connectivity index (χ1n) is 9.36. The summed E-state index contributed by atoms with van der Waals surface area (Å²) >= 11 is 0. The van der Waals surface area contributed by atoms with E-state index < -0.39 is 5.97 Å². The first-order chi connectivity index (χ1) is 13.2. The van der Waals surface area contributed by atoms with Gasteiger partial charge in [0, 0.05) is 17.7 Å². The Labute approximate surface area is 172 Å². The van der Waals surface area contributed by atoms with Gasteiger partial charge in [-0.1, -0.05) is 24.6 Å². The van der Waals surface area contributed by atoms with Crippen molar-refractivity contribution in [3.63, 3.8) is 0 Å². The summed E-state index contributed by atoms with van der Waals surface area (Å²) in [5.74, 6) is 0.0114. The topological polar surface area (TPSA) is 55.8 Å². The van der Waals surface area contributed by atoms with Gasteiger partial charge in [0.05, 0.1) is 12.7 Å². The molecule has 0 saturated carbocycles. The molecular formula is C22H26ClNO4. The Hall–Kier alpha value is -2.37. The average Bonchev–Trinajstić information content (AvgIpc) is 2.74. The predicted octanol–water partition coefficient (Wildman–Crippen LogP) is 3.99. The smallest absolute Gasteiger partial charge is 0.338 e. The highest BCUT2D eigenvalue weighted by molar-refractivity contribution is 6.14. The molecule has 3 rings (SSSR count). The minimum Gasteiger partial charge on any atom is -0.492 e. The van der Waals surface area contributed by atoms with Gasteiger partial charge in [-0.15, -0.1) is 12.4 Å². The number of ketones is 1. The van der Waals surface area contributed by atoms with Gasteiger partial charge in [0.1, 0.15) is 12.4 Å². The number of carbonyl (C=O) groups excluding carboxylic acids is 2. The summed E-state index contributed by atoms with van der Waals surface area (Å²) in [6, 6.07) is 13.7. The quantitative estimate of drug-likeness (QED) is 0.516. The second-order valence-corrected chi connectivity index (χ2v) is 6.64. The minimum absolute atomic E-state index is 0. The molecule has 0 aliphatic carbocycles. The van der Waals surface area contributed by atoms with E-state index in [9.17, 15) is 9.59 Å². The van der Waals surface area contributed by atoms with Crippen molar-refractivity contribution < 1.29 is 19.1 Å². The Balaban J connectivity index is 0.00000280. The van der Waals surface area contributed by atoms with Crippen molar-refractivity contribution in [2.45, 2.75) is 19.3 Å². The van der Waals surface area contributed by atoms with E-state index in [1.807, 2.05) is 0 Å². The fourth-order valence-electron chi connectivity index (χ4n) is 3.30. The maximum Gasteiger partial charge on any atom is 0.338 e. The Morgan fingerprint density at radius 1 is 0.929 bits per heavy atom. The van der Waals surface area contributed by atoms with Crippen molar-refractivity contribution >= 4 is 24.2 Å². The highest BCUT2D eigenvalue weighted by Crippen LogP contribution is 2.19. The molecule has 0 bridgehead atoms. The van der Waals surface area contributed by atoms with Crippen LogP contribution < -0.4 is 4.74 Å². The van der Waals surface area contributed by atoms with Crippen molar-refractivity contribution in [1.29, 1.82) is 0 Å².